The first-order valence-electron chi connectivity index (χ1n) is 4.52. The zero-order valence-corrected chi connectivity index (χ0v) is 10.2. The van der Waals surface area contributed by atoms with Gasteiger partial charge in [-0.05, 0) is 18.4 Å². The molecule has 1 N–H and O–H groups in total. The van der Waals surface area contributed by atoms with Gasteiger partial charge in [-0.15, -0.1) is 11.3 Å². The smallest absolute Gasteiger partial charge is 0.133 e. The number of nitrogens with zero attached hydrogens (tertiary/aromatic N) is 2. The third kappa shape index (κ3) is 2.30. The van der Waals surface area contributed by atoms with E-state index in [1.54, 1.807) is 29.4 Å². The van der Waals surface area contributed by atoms with Crippen molar-refractivity contribution in [1.29, 1.82) is 0 Å². The number of hydrogen-bond donors (Lipinski definition) is 1. The van der Waals surface area contributed by atoms with Crippen molar-refractivity contribution in [1.82, 2.24) is 9.97 Å². The highest BCUT2D eigenvalue weighted by Crippen LogP contribution is 2.33. The summed E-state index contributed by atoms with van der Waals surface area (Å²) in [5, 5.41) is 6.13. The second-order valence-corrected chi connectivity index (χ2v) is 5.17. The van der Waals surface area contributed by atoms with E-state index in [2.05, 4.69) is 26.7 Å². The van der Waals surface area contributed by atoms with Crippen LogP contribution in [0.4, 0.5) is 5.82 Å². The predicted octanol–water partition coefficient (Wildman–Crippen LogP) is 3.04. The highest BCUT2D eigenvalue weighted by atomic mass is 32.2. The number of aromatic nitrogens is 2. The normalized spacial score (nSPS) is 10.3. The molecule has 0 fully saturated rings. The lowest BCUT2D eigenvalue weighted by Gasteiger charge is -2.06. The van der Waals surface area contributed by atoms with Crippen LogP contribution in [0.3, 0.4) is 0 Å². The van der Waals surface area contributed by atoms with Crippen LogP contribution in [0.5, 0.6) is 0 Å². The number of anilines is 1. The Bertz CT molecular complexity index is 440. The van der Waals surface area contributed by atoms with Crippen molar-refractivity contribution < 1.29 is 0 Å². The molecule has 3 nitrogen and oxygen atoms in total. The third-order valence-electron chi connectivity index (χ3n) is 1.97. The Balaban J connectivity index is 2.29. The Hall–Kier alpha value is -1.07. The molecule has 0 aromatic carbocycles. The van der Waals surface area contributed by atoms with Crippen LogP contribution in [0.15, 0.2) is 33.1 Å². The van der Waals surface area contributed by atoms with Crippen LogP contribution in [0.2, 0.25) is 0 Å². The molecule has 2 aromatic heterocycles. The van der Waals surface area contributed by atoms with Gasteiger partial charge in [0.1, 0.15) is 17.2 Å². The molecule has 0 radical (unpaired) electrons. The van der Waals surface area contributed by atoms with Crippen LogP contribution in [-0.4, -0.2) is 17.0 Å². The van der Waals surface area contributed by atoms with Crippen molar-refractivity contribution >= 4 is 28.9 Å². The fourth-order valence-corrected chi connectivity index (χ4v) is 2.94. The Morgan fingerprint density at radius 2 is 2.27 bits per heavy atom. The summed E-state index contributed by atoms with van der Waals surface area (Å²) >= 11 is 3.40. The van der Waals surface area contributed by atoms with Gasteiger partial charge in [0.15, 0.2) is 0 Å². The molecule has 0 unspecified atom stereocenters. The van der Waals surface area contributed by atoms with E-state index in [4.69, 9.17) is 0 Å². The Morgan fingerprint density at radius 3 is 2.93 bits per heavy atom. The van der Waals surface area contributed by atoms with Crippen molar-refractivity contribution in [3.63, 3.8) is 0 Å². The summed E-state index contributed by atoms with van der Waals surface area (Å²) in [5.41, 5.74) is 1.10. The molecule has 0 saturated carbocycles. The Morgan fingerprint density at radius 1 is 1.40 bits per heavy atom. The fourth-order valence-electron chi connectivity index (χ4n) is 1.21. The highest BCUT2D eigenvalue weighted by Gasteiger charge is 2.07. The van der Waals surface area contributed by atoms with E-state index in [0.717, 1.165) is 16.4 Å². The zero-order valence-electron chi connectivity index (χ0n) is 8.52. The van der Waals surface area contributed by atoms with Gasteiger partial charge in [0.25, 0.3) is 0 Å². The monoisotopic (exact) mass is 237 g/mol. The van der Waals surface area contributed by atoms with Gasteiger partial charge in [0, 0.05) is 12.6 Å². The maximum Gasteiger partial charge on any atom is 0.133 e. The fraction of sp³-hybridized carbons (Fsp3) is 0.200. The quantitative estimate of drug-likeness (QED) is 0.833. The Kier molecular flexibility index (Phi) is 3.23. The summed E-state index contributed by atoms with van der Waals surface area (Å²) in [6, 6.07) is 4.14. The van der Waals surface area contributed by atoms with Crippen LogP contribution >= 0.6 is 23.1 Å². The summed E-state index contributed by atoms with van der Waals surface area (Å²) in [4.78, 5) is 8.43. The lowest BCUT2D eigenvalue weighted by molar-refractivity contribution is 1.01. The number of nitrogens with one attached hydrogen (secondary N) is 1. The first-order chi connectivity index (χ1) is 7.31. The van der Waals surface area contributed by atoms with E-state index in [1.165, 1.54) is 4.21 Å². The third-order valence-corrected chi connectivity index (χ3v) is 4.11. The van der Waals surface area contributed by atoms with Gasteiger partial charge in [-0.1, -0.05) is 17.8 Å². The van der Waals surface area contributed by atoms with Crippen LogP contribution in [0.25, 0.3) is 0 Å². The molecule has 0 atom stereocenters. The summed E-state index contributed by atoms with van der Waals surface area (Å²) in [5.74, 6) is 0.893. The summed E-state index contributed by atoms with van der Waals surface area (Å²) in [6.45, 7) is 2.03. The molecular weight excluding hydrogens is 226 g/mol. The average Bonchev–Trinajstić information content (AvgIpc) is 2.74. The van der Waals surface area contributed by atoms with Gasteiger partial charge in [-0.3, -0.25) is 0 Å². The van der Waals surface area contributed by atoms with Crippen LogP contribution in [0, 0.1) is 6.92 Å². The van der Waals surface area contributed by atoms with Gasteiger partial charge in [0.2, 0.25) is 0 Å². The second-order valence-electron chi connectivity index (χ2n) is 2.94. The van der Waals surface area contributed by atoms with Gasteiger partial charge in [-0.25, -0.2) is 9.97 Å². The first-order valence-corrected chi connectivity index (χ1v) is 6.21. The minimum atomic E-state index is 0.893. The van der Waals surface area contributed by atoms with E-state index in [0.29, 0.717) is 0 Å². The van der Waals surface area contributed by atoms with Crippen LogP contribution in [-0.2, 0) is 0 Å². The summed E-state index contributed by atoms with van der Waals surface area (Å²) in [6.07, 6.45) is 1.59. The standard InChI is InChI=1S/C10H11N3S2/c1-7-9(11-2)12-6-13-10(7)15-8-4-3-5-14-8/h3-6H,1-2H3,(H,11,12,13). The maximum atomic E-state index is 4.28. The molecule has 0 aliphatic carbocycles. The predicted molar refractivity (Wildman–Crippen MR) is 64.8 cm³/mol. The zero-order chi connectivity index (χ0) is 10.7. The molecule has 2 heterocycles. The molecule has 2 aromatic rings. The molecule has 78 valence electrons. The Labute approximate surface area is 97.0 Å². The number of rotatable bonds is 3. The highest BCUT2D eigenvalue weighted by molar-refractivity contribution is 8.01. The second kappa shape index (κ2) is 4.63. The van der Waals surface area contributed by atoms with Crippen LogP contribution < -0.4 is 5.32 Å². The van der Waals surface area contributed by atoms with E-state index in [-0.39, 0.29) is 0 Å². The van der Waals surface area contributed by atoms with Crippen molar-refractivity contribution in [2.24, 2.45) is 0 Å². The van der Waals surface area contributed by atoms with Crippen LogP contribution in [0.1, 0.15) is 5.56 Å². The molecule has 0 aliphatic heterocycles. The molecule has 5 heteroatoms. The van der Waals surface area contributed by atoms with E-state index in [1.807, 2.05) is 20.0 Å². The molecule has 0 amide bonds. The van der Waals surface area contributed by atoms with E-state index < -0.39 is 0 Å². The van der Waals surface area contributed by atoms with Crippen molar-refractivity contribution in [2.75, 3.05) is 12.4 Å². The van der Waals surface area contributed by atoms with E-state index >= 15 is 0 Å². The lowest BCUT2D eigenvalue weighted by atomic mass is 10.3. The van der Waals surface area contributed by atoms with Gasteiger partial charge >= 0.3 is 0 Å². The topological polar surface area (TPSA) is 37.8 Å². The molecule has 0 aliphatic rings. The summed E-state index contributed by atoms with van der Waals surface area (Å²) < 4.78 is 1.25. The SMILES string of the molecule is CNc1ncnc(Sc2cccs2)c1C. The number of thiophene rings is 1. The minimum absolute atomic E-state index is 0.893. The molecule has 2 rings (SSSR count). The first kappa shape index (κ1) is 10.4. The van der Waals surface area contributed by atoms with Crippen molar-refractivity contribution in [2.45, 2.75) is 16.2 Å². The average molecular weight is 237 g/mol. The van der Waals surface area contributed by atoms with Gasteiger partial charge < -0.3 is 5.32 Å². The van der Waals surface area contributed by atoms with Gasteiger partial charge in [0.05, 0.1) is 4.21 Å². The molecule has 0 saturated heterocycles. The van der Waals surface area contributed by atoms with Gasteiger partial charge in [-0.2, -0.15) is 0 Å². The minimum Gasteiger partial charge on any atom is -0.373 e. The molecule has 15 heavy (non-hydrogen) atoms. The molecular formula is C10H11N3S2. The molecule has 0 bridgehead atoms. The maximum absolute atomic E-state index is 4.28. The number of hydrogen-bond acceptors (Lipinski definition) is 5. The summed E-state index contributed by atoms with van der Waals surface area (Å²) in [7, 11) is 1.87. The largest absolute Gasteiger partial charge is 0.373 e. The van der Waals surface area contributed by atoms with Crippen molar-refractivity contribution in [3.05, 3.63) is 29.4 Å². The lowest BCUT2D eigenvalue weighted by Crippen LogP contribution is -1.98. The molecule has 0 spiro atoms. The van der Waals surface area contributed by atoms with E-state index in [9.17, 15) is 0 Å². The van der Waals surface area contributed by atoms with Crippen molar-refractivity contribution in [3.8, 4) is 0 Å².